The Labute approximate surface area is 200 Å². The number of ether oxygens (including phenoxy) is 1. The van der Waals surface area contributed by atoms with Gasteiger partial charge in [-0.25, -0.2) is 12.8 Å². The molecule has 1 saturated heterocycles. The zero-order chi connectivity index (χ0) is 24.5. The van der Waals surface area contributed by atoms with E-state index >= 15 is 0 Å². The van der Waals surface area contributed by atoms with Gasteiger partial charge >= 0.3 is 5.97 Å². The number of aromatic nitrogens is 1. The van der Waals surface area contributed by atoms with Crippen molar-refractivity contribution in [3.05, 3.63) is 58.6 Å². The highest BCUT2D eigenvalue weighted by molar-refractivity contribution is 7.89. The summed E-state index contributed by atoms with van der Waals surface area (Å²) in [5, 5.41) is 0. The number of carbonyl (C=O) groups is 2. The molecule has 1 fully saturated rings. The van der Waals surface area contributed by atoms with Gasteiger partial charge in [-0.1, -0.05) is 24.3 Å². The zero-order valence-electron chi connectivity index (χ0n) is 18.7. The number of benzene rings is 2. The molecular weight excluding hydrogens is 481 g/mol. The number of esters is 1. The van der Waals surface area contributed by atoms with Crippen molar-refractivity contribution >= 4 is 43.5 Å². The highest BCUT2D eigenvalue weighted by Gasteiger charge is 2.28. The van der Waals surface area contributed by atoms with Gasteiger partial charge in [-0.05, 0) is 55.2 Å². The fourth-order valence-corrected chi connectivity index (χ4v) is 6.59. The Morgan fingerprint density at radius 2 is 1.94 bits per heavy atom. The third-order valence-corrected chi connectivity index (χ3v) is 8.65. The number of carbonyl (C=O) groups excluding carboxylic acids is 2. The van der Waals surface area contributed by atoms with Crippen LogP contribution in [-0.2, 0) is 26.1 Å². The lowest BCUT2D eigenvalue weighted by Gasteiger charge is -2.30. The Hall–Kier alpha value is -2.89. The number of para-hydroxylation sites is 1. The lowest BCUT2D eigenvalue weighted by molar-refractivity contribution is -0.141. The fourth-order valence-electron chi connectivity index (χ4n) is 3.95. The van der Waals surface area contributed by atoms with Crippen molar-refractivity contribution in [3.63, 3.8) is 0 Å². The topological polar surface area (TPSA) is 98.0 Å². The van der Waals surface area contributed by atoms with Gasteiger partial charge in [-0.15, -0.1) is 0 Å². The smallest absolute Gasteiger partial charge is 0.325 e. The standard InChI is InChI=1S/C23H24FN3O5S2/c1-15-5-4-12-26(13-15)34(30,31)17-10-8-16(9-11-17)22(29)25-23-27(14-20(28)32-2)21-18(24)6-3-7-19(21)33-23/h3,6-11,15H,4-5,12-14H2,1-2H3. The molecular formula is C23H24FN3O5S2. The van der Waals surface area contributed by atoms with E-state index in [1.165, 1.54) is 52.4 Å². The van der Waals surface area contributed by atoms with E-state index in [0.717, 1.165) is 24.2 Å². The molecule has 1 aliphatic heterocycles. The van der Waals surface area contributed by atoms with Crippen LogP contribution in [0.4, 0.5) is 4.39 Å². The number of sulfonamides is 1. The molecule has 1 aliphatic rings. The van der Waals surface area contributed by atoms with Gasteiger partial charge in [-0.2, -0.15) is 9.30 Å². The van der Waals surface area contributed by atoms with Crippen LogP contribution in [0.15, 0.2) is 52.4 Å². The summed E-state index contributed by atoms with van der Waals surface area (Å²) >= 11 is 1.07. The second-order valence-corrected chi connectivity index (χ2v) is 11.1. The fraction of sp³-hybridized carbons (Fsp3) is 0.348. The molecule has 11 heteroatoms. The molecule has 0 aliphatic carbocycles. The Bertz CT molecular complexity index is 1410. The van der Waals surface area contributed by atoms with Gasteiger partial charge < -0.3 is 9.30 Å². The van der Waals surface area contributed by atoms with E-state index in [9.17, 15) is 22.4 Å². The minimum Gasteiger partial charge on any atom is -0.468 e. The van der Waals surface area contributed by atoms with E-state index in [4.69, 9.17) is 4.74 Å². The number of amides is 1. The highest BCUT2D eigenvalue weighted by Crippen LogP contribution is 2.24. The van der Waals surface area contributed by atoms with Gasteiger partial charge in [0.2, 0.25) is 10.0 Å². The Morgan fingerprint density at radius 1 is 1.21 bits per heavy atom. The third kappa shape index (κ3) is 4.82. The van der Waals surface area contributed by atoms with E-state index in [1.807, 2.05) is 6.92 Å². The van der Waals surface area contributed by atoms with Crippen LogP contribution in [0.25, 0.3) is 10.2 Å². The summed E-state index contributed by atoms with van der Waals surface area (Å²) in [6, 6.07) is 10.1. The summed E-state index contributed by atoms with van der Waals surface area (Å²) in [5.41, 5.74) is 0.329. The minimum atomic E-state index is -3.65. The van der Waals surface area contributed by atoms with E-state index in [1.54, 1.807) is 6.07 Å². The van der Waals surface area contributed by atoms with Crippen molar-refractivity contribution in [2.24, 2.45) is 10.9 Å². The molecule has 34 heavy (non-hydrogen) atoms. The lowest BCUT2D eigenvalue weighted by Crippen LogP contribution is -2.39. The molecule has 1 atom stereocenters. The minimum absolute atomic E-state index is 0.114. The summed E-state index contributed by atoms with van der Waals surface area (Å²) in [4.78, 5) is 29.1. The number of thiazole rings is 1. The van der Waals surface area contributed by atoms with E-state index in [2.05, 4.69) is 4.99 Å². The molecule has 3 aromatic rings. The summed E-state index contributed by atoms with van der Waals surface area (Å²) in [6.07, 6.45) is 1.82. The largest absolute Gasteiger partial charge is 0.468 e. The molecule has 1 amide bonds. The number of methoxy groups -OCH3 is 1. The number of nitrogens with zero attached hydrogens (tertiary/aromatic N) is 3. The molecule has 180 valence electrons. The predicted octanol–water partition coefficient (Wildman–Crippen LogP) is 3.18. The van der Waals surface area contributed by atoms with Gasteiger partial charge in [0.05, 0.1) is 22.2 Å². The van der Waals surface area contributed by atoms with E-state index in [0.29, 0.717) is 23.7 Å². The third-order valence-electron chi connectivity index (χ3n) is 5.72. The molecule has 1 aromatic heterocycles. The van der Waals surface area contributed by atoms with Crippen LogP contribution in [0.5, 0.6) is 0 Å². The van der Waals surface area contributed by atoms with E-state index < -0.39 is 27.7 Å². The molecule has 0 bridgehead atoms. The first-order valence-corrected chi connectivity index (χ1v) is 13.0. The molecule has 0 N–H and O–H groups in total. The van der Waals surface area contributed by atoms with Crippen LogP contribution in [0.3, 0.4) is 0 Å². The number of piperidine rings is 1. The van der Waals surface area contributed by atoms with Crippen molar-refractivity contribution in [1.82, 2.24) is 8.87 Å². The molecule has 0 radical (unpaired) electrons. The van der Waals surface area contributed by atoms with Crippen molar-refractivity contribution in [2.75, 3.05) is 20.2 Å². The first-order chi connectivity index (χ1) is 16.2. The van der Waals surface area contributed by atoms with Gasteiger partial charge in [0.15, 0.2) is 4.80 Å². The van der Waals surface area contributed by atoms with Crippen LogP contribution in [-0.4, -0.2) is 49.4 Å². The normalized spacial score (nSPS) is 17.7. The maximum Gasteiger partial charge on any atom is 0.325 e. The second-order valence-electron chi connectivity index (χ2n) is 8.19. The SMILES string of the molecule is COC(=O)Cn1c(=NC(=O)c2ccc(S(=O)(=O)N3CCCC(C)C3)cc2)sc2cccc(F)c21. The van der Waals surface area contributed by atoms with Crippen molar-refractivity contribution in [1.29, 1.82) is 0 Å². The molecule has 8 nitrogen and oxygen atoms in total. The highest BCUT2D eigenvalue weighted by atomic mass is 32.2. The molecule has 4 rings (SSSR count). The van der Waals surface area contributed by atoms with Crippen LogP contribution in [0.1, 0.15) is 30.1 Å². The molecule has 0 spiro atoms. The predicted molar refractivity (Wildman–Crippen MR) is 125 cm³/mol. The first kappa shape index (κ1) is 24.2. The summed E-state index contributed by atoms with van der Waals surface area (Å²) in [6.45, 7) is 2.67. The molecule has 0 saturated carbocycles. The second kappa shape index (κ2) is 9.77. The summed E-state index contributed by atoms with van der Waals surface area (Å²) < 4.78 is 48.3. The number of hydrogen-bond donors (Lipinski definition) is 0. The van der Waals surface area contributed by atoms with Crippen LogP contribution in [0.2, 0.25) is 0 Å². The van der Waals surface area contributed by atoms with Crippen LogP contribution >= 0.6 is 11.3 Å². The van der Waals surface area contributed by atoms with Crippen molar-refractivity contribution in [2.45, 2.75) is 31.2 Å². The number of fused-ring (bicyclic) bond motifs is 1. The Kier molecular flexibility index (Phi) is 6.96. The molecule has 2 heterocycles. The van der Waals surface area contributed by atoms with Gasteiger partial charge in [0.1, 0.15) is 12.4 Å². The first-order valence-electron chi connectivity index (χ1n) is 10.7. The Morgan fingerprint density at radius 3 is 2.62 bits per heavy atom. The number of halogens is 1. The maximum atomic E-state index is 14.5. The average Bonchev–Trinajstić information content (AvgIpc) is 3.16. The lowest BCUT2D eigenvalue weighted by atomic mass is 10.0. The number of rotatable bonds is 5. The van der Waals surface area contributed by atoms with Gasteiger partial charge in [0, 0.05) is 18.7 Å². The molecule has 1 unspecified atom stereocenters. The van der Waals surface area contributed by atoms with E-state index in [-0.39, 0.29) is 27.3 Å². The number of hydrogen-bond acceptors (Lipinski definition) is 6. The van der Waals surface area contributed by atoms with Gasteiger partial charge in [-0.3, -0.25) is 9.59 Å². The maximum absolute atomic E-state index is 14.5. The Balaban J connectivity index is 1.66. The summed E-state index contributed by atoms with van der Waals surface area (Å²) in [5.74, 6) is -1.50. The van der Waals surface area contributed by atoms with Crippen LogP contribution < -0.4 is 4.80 Å². The zero-order valence-corrected chi connectivity index (χ0v) is 20.4. The molecule has 2 aromatic carbocycles. The quantitative estimate of drug-likeness (QED) is 0.496. The van der Waals surface area contributed by atoms with Crippen molar-refractivity contribution < 1.29 is 27.1 Å². The van der Waals surface area contributed by atoms with Crippen LogP contribution in [0, 0.1) is 11.7 Å². The van der Waals surface area contributed by atoms with Crippen molar-refractivity contribution in [3.8, 4) is 0 Å². The van der Waals surface area contributed by atoms with Gasteiger partial charge in [0.25, 0.3) is 5.91 Å². The monoisotopic (exact) mass is 505 g/mol. The average molecular weight is 506 g/mol. The summed E-state index contributed by atoms with van der Waals surface area (Å²) in [7, 11) is -2.43.